The fourth-order valence-electron chi connectivity index (χ4n) is 2.29. The zero-order chi connectivity index (χ0) is 13.1. The van der Waals surface area contributed by atoms with E-state index in [0.29, 0.717) is 17.6 Å². The van der Waals surface area contributed by atoms with Gasteiger partial charge in [0.05, 0.1) is 18.8 Å². The molecule has 1 aliphatic heterocycles. The van der Waals surface area contributed by atoms with E-state index in [9.17, 15) is 5.11 Å². The molecule has 1 heterocycles. The van der Waals surface area contributed by atoms with Gasteiger partial charge in [-0.1, -0.05) is 29.8 Å². The van der Waals surface area contributed by atoms with E-state index >= 15 is 0 Å². The number of hydrogen-bond acceptors (Lipinski definition) is 3. The lowest BCUT2D eigenvalue weighted by Crippen LogP contribution is -2.48. The minimum atomic E-state index is -0.550. The minimum Gasteiger partial charge on any atom is -0.387 e. The largest absolute Gasteiger partial charge is 0.387 e. The molecule has 1 aromatic rings. The van der Waals surface area contributed by atoms with E-state index in [4.69, 9.17) is 16.3 Å². The van der Waals surface area contributed by atoms with Gasteiger partial charge >= 0.3 is 0 Å². The lowest BCUT2D eigenvalue weighted by molar-refractivity contribution is -0.0619. The number of ether oxygens (including phenoxy) is 1. The second-order valence-corrected chi connectivity index (χ2v) is 5.39. The molecule has 1 N–H and O–H groups in total. The van der Waals surface area contributed by atoms with Crippen molar-refractivity contribution in [3.05, 3.63) is 34.9 Å². The molecule has 18 heavy (non-hydrogen) atoms. The molecule has 1 aromatic carbocycles. The standard InChI is InChI=1S/C14H20ClNO2/c1-10-9-18-11(2)7-16(10)8-14(17)12-5-3-4-6-13(12)15/h3-6,10-11,14,17H,7-9H2,1-2H3/t10-,11+,14+/m0/s1. The Hall–Kier alpha value is -0.610. The van der Waals surface area contributed by atoms with Crippen molar-refractivity contribution in [2.24, 2.45) is 0 Å². The van der Waals surface area contributed by atoms with Crippen molar-refractivity contribution in [1.82, 2.24) is 4.90 Å². The maximum absolute atomic E-state index is 10.3. The number of hydrogen-bond donors (Lipinski definition) is 1. The third kappa shape index (κ3) is 3.23. The zero-order valence-corrected chi connectivity index (χ0v) is 11.6. The van der Waals surface area contributed by atoms with Gasteiger partial charge in [-0.25, -0.2) is 0 Å². The van der Waals surface area contributed by atoms with Crippen LogP contribution in [0.1, 0.15) is 25.5 Å². The molecule has 0 spiro atoms. The van der Waals surface area contributed by atoms with E-state index in [2.05, 4.69) is 18.7 Å². The maximum atomic E-state index is 10.3. The summed E-state index contributed by atoms with van der Waals surface area (Å²) >= 11 is 6.10. The molecule has 3 nitrogen and oxygen atoms in total. The van der Waals surface area contributed by atoms with Gasteiger partial charge in [0.1, 0.15) is 0 Å². The highest BCUT2D eigenvalue weighted by atomic mass is 35.5. The van der Waals surface area contributed by atoms with E-state index in [0.717, 1.165) is 18.7 Å². The first-order chi connectivity index (χ1) is 8.58. The summed E-state index contributed by atoms with van der Waals surface area (Å²) in [5.74, 6) is 0. The van der Waals surface area contributed by atoms with Gasteiger partial charge in [-0.15, -0.1) is 0 Å². The zero-order valence-electron chi connectivity index (χ0n) is 10.8. The SMILES string of the molecule is C[C@@H]1CN(C[C@@H](O)c2ccccc2Cl)[C@@H](C)CO1. The first-order valence-electron chi connectivity index (χ1n) is 6.36. The fraction of sp³-hybridized carbons (Fsp3) is 0.571. The molecule has 100 valence electrons. The van der Waals surface area contributed by atoms with Gasteiger partial charge in [-0.3, -0.25) is 4.90 Å². The average Bonchev–Trinajstić information content (AvgIpc) is 2.34. The van der Waals surface area contributed by atoms with Crippen LogP contribution in [0.2, 0.25) is 5.02 Å². The summed E-state index contributed by atoms with van der Waals surface area (Å²) in [4.78, 5) is 2.25. The number of aliphatic hydroxyl groups excluding tert-OH is 1. The Bertz CT molecular complexity index is 399. The maximum Gasteiger partial charge on any atom is 0.0931 e. The topological polar surface area (TPSA) is 32.7 Å². The molecular formula is C14H20ClNO2. The Kier molecular flexibility index (Phi) is 4.62. The van der Waals surface area contributed by atoms with E-state index in [1.807, 2.05) is 24.3 Å². The molecule has 1 aliphatic rings. The molecule has 0 aromatic heterocycles. The lowest BCUT2D eigenvalue weighted by atomic mass is 10.1. The first kappa shape index (κ1) is 13.8. The summed E-state index contributed by atoms with van der Waals surface area (Å²) in [6, 6.07) is 7.79. The van der Waals surface area contributed by atoms with Crippen LogP contribution in [-0.2, 0) is 4.74 Å². The summed E-state index contributed by atoms with van der Waals surface area (Å²) in [5.41, 5.74) is 0.797. The third-order valence-electron chi connectivity index (χ3n) is 3.41. The summed E-state index contributed by atoms with van der Waals surface area (Å²) < 4.78 is 5.58. The number of morpholine rings is 1. The average molecular weight is 270 g/mol. The molecule has 0 unspecified atom stereocenters. The van der Waals surface area contributed by atoms with Crippen LogP contribution >= 0.6 is 11.6 Å². The van der Waals surface area contributed by atoms with Gasteiger partial charge in [0.15, 0.2) is 0 Å². The van der Waals surface area contributed by atoms with Gasteiger partial charge in [-0.2, -0.15) is 0 Å². The third-order valence-corrected chi connectivity index (χ3v) is 3.75. The predicted octanol–water partition coefficient (Wildman–Crippen LogP) is 2.48. The Labute approximate surface area is 113 Å². The van der Waals surface area contributed by atoms with Crippen molar-refractivity contribution >= 4 is 11.6 Å². The van der Waals surface area contributed by atoms with Crippen LogP contribution in [0, 0.1) is 0 Å². The van der Waals surface area contributed by atoms with Gasteiger partial charge < -0.3 is 9.84 Å². The lowest BCUT2D eigenvalue weighted by Gasteiger charge is -2.37. The summed E-state index contributed by atoms with van der Waals surface area (Å²) in [5, 5.41) is 10.9. The van der Waals surface area contributed by atoms with Crippen LogP contribution in [0.25, 0.3) is 0 Å². The highest BCUT2D eigenvalue weighted by Gasteiger charge is 2.26. The highest BCUT2D eigenvalue weighted by Crippen LogP contribution is 2.24. The van der Waals surface area contributed by atoms with Crippen molar-refractivity contribution in [3.63, 3.8) is 0 Å². The normalized spacial score (nSPS) is 27.1. The molecule has 3 atom stereocenters. The Morgan fingerprint density at radius 2 is 2.17 bits per heavy atom. The Morgan fingerprint density at radius 3 is 2.89 bits per heavy atom. The molecule has 0 amide bonds. The highest BCUT2D eigenvalue weighted by molar-refractivity contribution is 6.31. The van der Waals surface area contributed by atoms with E-state index < -0.39 is 6.10 Å². The molecule has 0 saturated carbocycles. The van der Waals surface area contributed by atoms with Crippen LogP contribution in [0.3, 0.4) is 0 Å². The summed E-state index contributed by atoms with van der Waals surface area (Å²) in [6.07, 6.45) is -0.328. The van der Waals surface area contributed by atoms with Crippen molar-refractivity contribution in [2.45, 2.75) is 32.1 Å². The van der Waals surface area contributed by atoms with E-state index in [-0.39, 0.29) is 6.10 Å². The van der Waals surface area contributed by atoms with Crippen LogP contribution in [-0.4, -0.2) is 41.8 Å². The number of β-amino-alcohol motifs (C(OH)–C–C–N with tert-alkyl or cyclic N) is 1. The van der Waals surface area contributed by atoms with Crippen molar-refractivity contribution in [1.29, 1.82) is 0 Å². The molecule has 1 saturated heterocycles. The van der Waals surface area contributed by atoms with E-state index in [1.54, 1.807) is 0 Å². The van der Waals surface area contributed by atoms with Gasteiger partial charge in [0.25, 0.3) is 0 Å². The van der Waals surface area contributed by atoms with Gasteiger partial charge in [0.2, 0.25) is 0 Å². The van der Waals surface area contributed by atoms with Gasteiger partial charge in [0, 0.05) is 29.7 Å². The molecular weight excluding hydrogens is 250 g/mol. The Morgan fingerprint density at radius 1 is 1.44 bits per heavy atom. The minimum absolute atomic E-state index is 0.222. The van der Waals surface area contributed by atoms with Crippen molar-refractivity contribution < 1.29 is 9.84 Å². The number of rotatable bonds is 3. The summed E-state index contributed by atoms with van der Waals surface area (Å²) in [6.45, 7) is 6.34. The molecule has 0 bridgehead atoms. The van der Waals surface area contributed by atoms with Crippen LogP contribution in [0.4, 0.5) is 0 Å². The number of nitrogens with zero attached hydrogens (tertiary/aromatic N) is 1. The van der Waals surface area contributed by atoms with Crippen molar-refractivity contribution in [2.75, 3.05) is 19.7 Å². The van der Waals surface area contributed by atoms with Crippen LogP contribution in [0.15, 0.2) is 24.3 Å². The number of benzene rings is 1. The molecule has 4 heteroatoms. The molecule has 1 fully saturated rings. The Balaban J connectivity index is 2.02. The smallest absolute Gasteiger partial charge is 0.0931 e. The second-order valence-electron chi connectivity index (χ2n) is 4.98. The second kappa shape index (κ2) is 6.02. The molecule has 0 aliphatic carbocycles. The first-order valence-corrected chi connectivity index (χ1v) is 6.74. The monoisotopic (exact) mass is 269 g/mol. The number of halogens is 1. The van der Waals surface area contributed by atoms with E-state index in [1.165, 1.54) is 0 Å². The van der Waals surface area contributed by atoms with Crippen LogP contribution < -0.4 is 0 Å². The van der Waals surface area contributed by atoms with Gasteiger partial charge in [-0.05, 0) is 19.9 Å². The van der Waals surface area contributed by atoms with Crippen LogP contribution in [0.5, 0.6) is 0 Å². The fourth-order valence-corrected chi connectivity index (χ4v) is 2.55. The summed E-state index contributed by atoms with van der Waals surface area (Å²) in [7, 11) is 0. The number of aliphatic hydroxyl groups is 1. The quantitative estimate of drug-likeness (QED) is 0.915. The van der Waals surface area contributed by atoms with Crippen molar-refractivity contribution in [3.8, 4) is 0 Å². The molecule has 2 rings (SSSR count). The predicted molar refractivity (Wildman–Crippen MR) is 72.9 cm³/mol. The molecule has 0 radical (unpaired) electrons.